The van der Waals surface area contributed by atoms with Gasteiger partial charge in [-0.05, 0) is 43.1 Å². The monoisotopic (exact) mass is 253 g/mol. The van der Waals surface area contributed by atoms with Crippen LogP contribution in [-0.4, -0.2) is 13.1 Å². The summed E-state index contributed by atoms with van der Waals surface area (Å²) in [6.45, 7) is 11.9. The van der Waals surface area contributed by atoms with Crippen LogP contribution in [0.25, 0.3) is 0 Å². The summed E-state index contributed by atoms with van der Waals surface area (Å²) in [4.78, 5) is 0. The Balaban J connectivity index is 2.64. The highest BCUT2D eigenvalue weighted by Crippen LogP contribution is 2.38. The topological polar surface area (TPSA) is 12.0 Å². The van der Waals surface area contributed by atoms with Gasteiger partial charge >= 0.3 is 0 Å². The van der Waals surface area contributed by atoms with Gasteiger partial charge < -0.3 is 5.32 Å². The van der Waals surface area contributed by atoms with Gasteiger partial charge in [-0.15, -0.1) is 0 Å². The number of hydrogen-bond acceptors (Lipinski definition) is 1. The minimum absolute atomic E-state index is 0.436. The Labute approximate surface area is 115 Å². The molecule has 1 aliphatic carbocycles. The van der Waals surface area contributed by atoms with Crippen LogP contribution in [0.2, 0.25) is 0 Å². The van der Waals surface area contributed by atoms with E-state index in [1.165, 1.54) is 38.5 Å². The molecule has 0 heterocycles. The fourth-order valence-electron chi connectivity index (χ4n) is 3.51. The van der Waals surface area contributed by atoms with Gasteiger partial charge in [-0.3, -0.25) is 0 Å². The molecule has 1 aliphatic rings. The van der Waals surface area contributed by atoms with Crippen molar-refractivity contribution in [3.8, 4) is 0 Å². The van der Waals surface area contributed by atoms with Gasteiger partial charge in [-0.1, -0.05) is 60.3 Å². The standard InChI is InChI=1S/C17H35N/c1-7-14-10-8-9-11-15(14)16(18-6)12-13(2)17(3,4)5/h13-16,18H,7-12H2,1-6H3. The maximum Gasteiger partial charge on any atom is 0.00977 e. The first-order chi connectivity index (χ1) is 8.40. The van der Waals surface area contributed by atoms with Crippen LogP contribution in [0.1, 0.15) is 73.1 Å². The second-order valence-electron chi connectivity index (χ2n) is 7.51. The maximum atomic E-state index is 3.64. The molecule has 1 rings (SSSR count). The predicted octanol–water partition coefficient (Wildman–Crippen LogP) is 4.86. The zero-order valence-corrected chi connectivity index (χ0v) is 13.6. The fraction of sp³-hybridized carbons (Fsp3) is 1.00. The van der Waals surface area contributed by atoms with E-state index in [-0.39, 0.29) is 0 Å². The third-order valence-electron chi connectivity index (χ3n) is 5.47. The smallest absolute Gasteiger partial charge is 0.00977 e. The minimum Gasteiger partial charge on any atom is -0.317 e. The summed E-state index contributed by atoms with van der Waals surface area (Å²) in [5.74, 6) is 2.66. The lowest BCUT2D eigenvalue weighted by atomic mass is 9.69. The summed E-state index contributed by atoms with van der Waals surface area (Å²) in [5, 5.41) is 3.64. The highest BCUT2D eigenvalue weighted by molar-refractivity contribution is 4.86. The molecule has 0 aromatic rings. The number of nitrogens with one attached hydrogen (secondary N) is 1. The maximum absolute atomic E-state index is 3.64. The van der Waals surface area contributed by atoms with E-state index in [2.05, 4.69) is 47.0 Å². The quantitative estimate of drug-likeness (QED) is 0.737. The molecule has 0 aliphatic heterocycles. The van der Waals surface area contributed by atoms with E-state index < -0.39 is 0 Å². The van der Waals surface area contributed by atoms with Gasteiger partial charge in [0.1, 0.15) is 0 Å². The highest BCUT2D eigenvalue weighted by Gasteiger charge is 2.32. The van der Waals surface area contributed by atoms with Crippen LogP contribution in [0.5, 0.6) is 0 Å². The van der Waals surface area contributed by atoms with E-state index in [1.807, 2.05) is 0 Å². The van der Waals surface area contributed by atoms with Crippen LogP contribution in [0, 0.1) is 23.2 Å². The molecule has 4 atom stereocenters. The Bertz CT molecular complexity index is 228. The average molecular weight is 253 g/mol. The molecule has 4 unspecified atom stereocenters. The van der Waals surface area contributed by atoms with Gasteiger partial charge in [0.15, 0.2) is 0 Å². The van der Waals surface area contributed by atoms with Crippen molar-refractivity contribution in [3.05, 3.63) is 0 Å². The Hall–Kier alpha value is -0.0400. The molecule has 0 radical (unpaired) electrons. The van der Waals surface area contributed by atoms with E-state index in [4.69, 9.17) is 0 Å². The average Bonchev–Trinajstić information content (AvgIpc) is 2.34. The van der Waals surface area contributed by atoms with Crippen molar-refractivity contribution < 1.29 is 0 Å². The molecule has 1 nitrogen and oxygen atoms in total. The third-order valence-corrected chi connectivity index (χ3v) is 5.47. The third kappa shape index (κ3) is 4.26. The van der Waals surface area contributed by atoms with Crippen molar-refractivity contribution in [2.45, 2.75) is 79.2 Å². The summed E-state index contributed by atoms with van der Waals surface area (Å²) < 4.78 is 0. The van der Waals surface area contributed by atoms with Crippen LogP contribution in [0.3, 0.4) is 0 Å². The first-order valence-corrected chi connectivity index (χ1v) is 8.07. The molecule has 0 aromatic heterocycles. The van der Waals surface area contributed by atoms with Gasteiger partial charge in [-0.2, -0.15) is 0 Å². The van der Waals surface area contributed by atoms with E-state index in [0.717, 1.165) is 23.8 Å². The van der Waals surface area contributed by atoms with E-state index in [0.29, 0.717) is 5.41 Å². The van der Waals surface area contributed by atoms with E-state index in [1.54, 1.807) is 0 Å². The zero-order valence-electron chi connectivity index (χ0n) is 13.6. The predicted molar refractivity (Wildman–Crippen MR) is 81.8 cm³/mol. The summed E-state index contributed by atoms with van der Waals surface area (Å²) in [5.41, 5.74) is 0.436. The summed E-state index contributed by atoms with van der Waals surface area (Å²) in [6.07, 6.45) is 8.52. The molecule has 0 amide bonds. The Morgan fingerprint density at radius 2 is 1.78 bits per heavy atom. The van der Waals surface area contributed by atoms with Crippen LogP contribution in [0.15, 0.2) is 0 Å². The molecule has 1 heteroatoms. The van der Waals surface area contributed by atoms with Crippen molar-refractivity contribution >= 4 is 0 Å². The lowest BCUT2D eigenvalue weighted by Gasteiger charge is -2.40. The second kappa shape index (κ2) is 6.93. The van der Waals surface area contributed by atoms with Gasteiger partial charge in [0, 0.05) is 6.04 Å². The molecule has 1 N–H and O–H groups in total. The molecule has 0 bridgehead atoms. The summed E-state index contributed by atoms with van der Waals surface area (Å²) >= 11 is 0. The molecule has 1 saturated carbocycles. The fourth-order valence-corrected chi connectivity index (χ4v) is 3.51. The van der Waals surface area contributed by atoms with E-state index in [9.17, 15) is 0 Å². The summed E-state index contributed by atoms with van der Waals surface area (Å²) in [6, 6.07) is 0.726. The number of hydrogen-bond donors (Lipinski definition) is 1. The Kier molecular flexibility index (Phi) is 6.17. The largest absolute Gasteiger partial charge is 0.317 e. The number of rotatable bonds is 5. The van der Waals surface area contributed by atoms with Crippen LogP contribution in [0.4, 0.5) is 0 Å². The van der Waals surface area contributed by atoms with Crippen LogP contribution in [-0.2, 0) is 0 Å². The first kappa shape index (κ1) is 16.0. The SMILES string of the molecule is CCC1CCCCC1C(CC(C)C(C)(C)C)NC. The van der Waals surface area contributed by atoms with Crippen LogP contribution < -0.4 is 5.32 Å². The molecule has 108 valence electrons. The highest BCUT2D eigenvalue weighted by atomic mass is 14.9. The lowest BCUT2D eigenvalue weighted by Crippen LogP contribution is -2.41. The van der Waals surface area contributed by atoms with Gasteiger partial charge in [0.05, 0.1) is 0 Å². The molecule has 0 spiro atoms. The van der Waals surface area contributed by atoms with Crippen LogP contribution >= 0.6 is 0 Å². The molecular formula is C17H35N. The Morgan fingerprint density at radius 3 is 2.28 bits per heavy atom. The van der Waals surface area contributed by atoms with Crippen molar-refractivity contribution in [2.24, 2.45) is 23.2 Å². The van der Waals surface area contributed by atoms with E-state index >= 15 is 0 Å². The van der Waals surface area contributed by atoms with Crippen molar-refractivity contribution in [1.82, 2.24) is 5.32 Å². The first-order valence-electron chi connectivity index (χ1n) is 8.07. The molecular weight excluding hydrogens is 218 g/mol. The molecule has 0 saturated heterocycles. The lowest BCUT2D eigenvalue weighted by molar-refractivity contribution is 0.137. The van der Waals surface area contributed by atoms with Gasteiger partial charge in [0.2, 0.25) is 0 Å². The normalized spacial score (nSPS) is 29.0. The molecule has 0 aromatic carbocycles. The summed E-state index contributed by atoms with van der Waals surface area (Å²) in [7, 11) is 2.17. The van der Waals surface area contributed by atoms with Crippen molar-refractivity contribution in [2.75, 3.05) is 7.05 Å². The minimum atomic E-state index is 0.436. The zero-order chi connectivity index (χ0) is 13.8. The molecule has 18 heavy (non-hydrogen) atoms. The van der Waals surface area contributed by atoms with Crippen molar-refractivity contribution in [3.63, 3.8) is 0 Å². The van der Waals surface area contributed by atoms with Gasteiger partial charge in [-0.25, -0.2) is 0 Å². The van der Waals surface area contributed by atoms with Gasteiger partial charge in [0.25, 0.3) is 0 Å². The Morgan fingerprint density at radius 1 is 1.17 bits per heavy atom. The molecule has 1 fully saturated rings. The van der Waals surface area contributed by atoms with Crippen molar-refractivity contribution in [1.29, 1.82) is 0 Å². The second-order valence-corrected chi connectivity index (χ2v) is 7.51.